The van der Waals surface area contributed by atoms with Crippen molar-refractivity contribution in [3.63, 3.8) is 0 Å². The third-order valence-electron chi connectivity index (χ3n) is 2.20. The third kappa shape index (κ3) is 1.95. The zero-order chi connectivity index (χ0) is 9.10. The molecule has 1 aliphatic heterocycles. The van der Waals surface area contributed by atoms with Gasteiger partial charge in [0, 0.05) is 23.8 Å². The number of hydrogen-bond donors (Lipinski definition) is 1. The molecule has 0 spiro atoms. The van der Waals surface area contributed by atoms with E-state index in [2.05, 4.69) is 10.3 Å². The van der Waals surface area contributed by atoms with Crippen LogP contribution in [0, 0.1) is 0 Å². The van der Waals surface area contributed by atoms with Crippen molar-refractivity contribution in [3.05, 3.63) is 24.5 Å². The molecule has 2 atom stereocenters. The van der Waals surface area contributed by atoms with Gasteiger partial charge in [-0.05, 0) is 25.1 Å². The molecule has 0 aliphatic carbocycles. The van der Waals surface area contributed by atoms with Crippen LogP contribution >= 0.6 is 0 Å². The van der Waals surface area contributed by atoms with Gasteiger partial charge in [0.1, 0.15) is 0 Å². The summed E-state index contributed by atoms with van der Waals surface area (Å²) >= 11 is 0. The molecule has 0 amide bonds. The summed E-state index contributed by atoms with van der Waals surface area (Å²) in [6.07, 6.45) is 4.39. The lowest BCUT2D eigenvalue weighted by molar-refractivity contribution is 0.672. The first-order valence-electron chi connectivity index (χ1n) is 4.39. The van der Waals surface area contributed by atoms with Crippen LogP contribution < -0.4 is 5.32 Å². The highest BCUT2D eigenvalue weighted by atomic mass is 32.2. The lowest BCUT2D eigenvalue weighted by atomic mass is 10.4. The van der Waals surface area contributed by atoms with Crippen molar-refractivity contribution < 1.29 is 4.21 Å². The van der Waals surface area contributed by atoms with Gasteiger partial charge in [-0.25, -0.2) is 0 Å². The second-order valence-corrected chi connectivity index (χ2v) is 4.83. The van der Waals surface area contributed by atoms with Gasteiger partial charge in [0.25, 0.3) is 0 Å². The average molecular weight is 196 g/mol. The SMILES string of the molecule is O=[S@@](c1ccncc1)[C@H]1CCNC1. The van der Waals surface area contributed by atoms with E-state index < -0.39 is 10.8 Å². The summed E-state index contributed by atoms with van der Waals surface area (Å²) in [6.45, 7) is 1.86. The van der Waals surface area contributed by atoms with Crippen molar-refractivity contribution >= 4 is 10.8 Å². The van der Waals surface area contributed by atoms with E-state index in [0.717, 1.165) is 24.4 Å². The first-order valence-corrected chi connectivity index (χ1v) is 5.60. The highest BCUT2D eigenvalue weighted by molar-refractivity contribution is 7.85. The van der Waals surface area contributed by atoms with Crippen molar-refractivity contribution in [1.29, 1.82) is 0 Å². The number of nitrogens with zero attached hydrogens (tertiary/aromatic N) is 1. The van der Waals surface area contributed by atoms with Crippen LogP contribution in [-0.2, 0) is 10.8 Å². The highest BCUT2D eigenvalue weighted by Crippen LogP contribution is 2.14. The lowest BCUT2D eigenvalue weighted by Gasteiger charge is -2.07. The number of pyridine rings is 1. The molecule has 2 rings (SSSR count). The fraction of sp³-hybridized carbons (Fsp3) is 0.444. The van der Waals surface area contributed by atoms with Crippen LogP contribution in [0.25, 0.3) is 0 Å². The van der Waals surface area contributed by atoms with E-state index in [0.29, 0.717) is 0 Å². The van der Waals surface area contributed by atoms with E-state index >= 15 is 0 Å². The van der Waals surface area contributed by atoms with Crippen molar-refractivity contribution in [3.8, 4) is 0 Å². The van der Waals surface area contributed by atoms with Gasteiger partial charge in [-0.1, -0.05) is 0 Å². The zero-order valence-corrected chi connectivity index (χ0v) is 8.09. The Kier molecular flexibility index (Phi) is 2.71. The Morgan fingerprint density at radius 1 is 1.46 bits per heavy atom. The van der Waals surface area contributed by atoms with Gasteiger partial charge in [0.15, 0.2) is 0 Å². The predicted octanol–water partition coefficient (Wildman–Crippen LogP) is 0.551. The molecule has 0 bridgehead atoms. The van der Waals surface area contributed by atoms with E-state index in [1.807, 2.05) is 12.1 Å². The largest absolute Gasteiger partial charge is 0.315 e. The quantitative estimate of drug-likeness (QED) is 0.751. The number of nitrogens with one attached hydrogen (secondary N) is 1. The standard InChI is InChI=1S/C9H12N2OS/c12-13(9-3-6-11-7-9)8-1-4-10-5-2-8/h1-2,4-5,9,11H,3,6-7H2/t9-,13-/m0/s1. The molecule has 13 heavy (non-hydrogen) atoms. The molecule has 0 unspecified atom stereocenters. The molecule has 3 nitrogen and oxygen atoms in total. The lowest BCUT2D eigenvalue weighted by Crippen LogP contribution is -2.18. The minimum Gasteiger partial charge on any atom is -0.315 e. The Morgan fingerprint density at radius 2 is 2.23 bits per heavy atom. The van der Waals surface area contributed by atoms with Crippen LogP contribution in [0.15, 0.2) is 29.4 Å². The van der Waals surface area contributed by atoms with Gasteiger partial charge in [0.2, 0.25) is 0 Å². The van der Waals surface area contributed by atoms with Crippen LogP contribution in [-0.4, -0.2) is 27.5 Å². The molecule has 1 aromatic rings. The molecular weight excluding hydrogens is 184 g/mol. The van der Waals surface area contributed by atoms with E-state index in [1.54, 1.807) is 12.4 Å². The van der Waals surface area contributed by atoms with Gasteiger partial charge in [-0.15, -0.1) is 0 Å². The van der Waals surface area contributed by atoms with Gasteiger partial charge in [-0.3, -0.25) is 9.19 Å². The molecule has 1 N–H and O–H groups in total. The molecule has 0 saturated carbocycles. The van der Waals surface area contributed by atoms with E-state index in [4.69, 9.17) is 0 Å². The summed E-state index contributed by atoms with van der Waals surface area (Å²) < 4.78 is 11.9. The third-order valence-corrected chi connectivity index (χ3v) is 3.94. The Labute approximate surface area is 80.0 Å². The summed E-state index contributed by atoms with van der Waals surface area (Å²) in [7, 11) is -0.861. The topological polar surface area (TPSA) is 42.0 Å². The summed E-state index contributed by atoms with van der Waals surface area (Å²) in [5.74, 6) is 0. The molecule has 1 saturated heterocycles. The molecule has 2 heterocycles. The predicted molar refractivity (Wildman–Crippen MR) is 51.9 cm³/mol. The average Bonchev–Trinajstić information content (AvgIpc) is 2.71. The zero-order valence-electron chi connectivity index (χ0n) is 7.27. The summed E-state index contributed by atoms with van der Waals surface area (Å²) in [6, 6.07) is 3.66. The maximum absolute atomic E-state index is 11.9. The first kappa shape index (κ1) is 8.84. The second-order valence-electron chi connectivity index (χ2n) is 3.10. The maximum atomic E-state index is 11.9. The number of aromatic nitrogens is 1. The molecule has 1 aliphatic rings. The highest BCUT2D eigenvalue weighted by Gasteiger charge is 2.21. The van der Waals surface area contributed by atoms with Crippen LogP contribution in [0.1, 0.15) is 6.42 Å². The maximum Gasteiger partial charge on any atom is 0.0575 e. The van der Waals surface area contributed by atoms with Crippen LogP contribution in [0.5, 0.6) is 0 Å². The van der Waals surface area contributed by atoms with E-state index in [-0.39, 0.29) is 5.25 Å². The molecule has 1 aromatic heterocycles. The van der Waals surface area contributed by atoms with Gasteiger partial charge < -0.3 is 5.32 Å². The van der Waals surface area contributed by atoms with Crippen LogP contribution in [0.4, 0.5) is 0 Å². The number of hydrogen-bond acceptors (Lipinski definition) is 3. The summed E-state index contributed by atoms with van der Waals surface area (Å²) in [5, 5.41) is 3.49. The number of rotatable bonds is 2. The van der Waals surface area contributed by atoms with Gasteiger partial charge in [-0.2, -0.15) is 0 Å². The van der Waals surface area contributed by atoms with Gasteiger partial charge >= 0.3 is 0 Å². The molecule has 1 fully saturated rings. The second kappa shape index (κ2) is 3.98. The minimum atomic E-state index is -0.861. The Balaban J connectivity index is 2.13. The normalized spacial score (nSPS) is 24.5. The van der Waals surface area contributed by atoms with Crippen molar-refractivity contribution in [2.45, 2.75) is 16.6 Å². The summed E-state index contributed by atoms with van der Waals surface area (Å²) in [4.78, 5) is 4.80. The van der Waals surface area contributed by atoms with E-state index in [9.17, 15) is 4.21 Å². The van der Waals surface area contributed by atoms with Crippen molar-refractivity contribution in [2.24, 2.45) is 0 Å². The smallest absolute Gasteiger partial charge is 0.0575 e. The fourth-order valence-corrected chi connectivity index (χ4v) is 2.85. The fourth-order valence-electron chi connectivity index (χ4n) is 1.48. The molecule has 70 valence electrons. The van der Waals surface area contributed by atoms with E-state index in [1.165, 1.54) is 0 Å². The van der Waals surface area contributed by atoms with Crippen molar-refractivity contribution in [2.75, 3.05) is 13.1 Å². The van der Waals surface area contributed by atoms with Crippen LogP contribution in [0.2, 0.25) is 0 Å². The van der Waals surface area contributed by atoms with Crippen molar-refractivity contribution in [1.82, 2.24) is 10.3 Å². The Morgan fingerprint density at radius 3 is 2.85 bits per heavy atom. The van der Waals surface area contributed by atoms with Crippen LogP contribution in [0.3, 0.4) is 0 Å². The minimum absolute atomic E-state index is 0.280. The monoisotopic (exact) mass is 196 g/mol. The molecular formula is C9H12N2OS. The van der Waals surface area contributed by atoms with Gasteiger partial charge in [0.05, 0.1) is 16.0 Å². The Hall–Kier alpha value is -0.740. The molecule has 0 radical (unpaired) electrons. The summed E-state index contributed by atoms with van der Waals surface area (Å²) in [5.41, 5.74) is 0. The molecule has 0 aromatic carbocycles. The first-order chi connectivity index (χ1) is 6.38. The Bertz CT molecular complexity index is 296. The molecule has 4 heteroatoms.